The van der Waals surface area contributed by atoms with E-state index in [0.29, 0.717) is 6.54 Å². The molecule has 2 aromatic carbocycles. The standard InChI is InChI=1S/C28H35N3O3/c1-20(2)18-31-24-17-11-10-16-23(24)25(22-14-8-3-4-9-15-22)29-26(27(31)32)30-28(33)34-19-21-12-6-5-7-13-21/h5-7,10-13,16-17,20,22,26H,3-4,8-9,14-15,18-19H2,1-2H3,(H,30,33). The third kappa shape index (κ3) is 5.85. The van der Waals surface area contributed by atoms with Gasteiger partial charge in [0.2, 0.25) is 6.17 Å². The van der Waals surface area contributed by atoms with Gasteiger partial charge in [0, 0.05) is 18.0 Å². The summed E-state index contributed by atoms with van der Waals surface area (Å²) in [5, 5.41) is 2.76. The van der Waals surface area contributed by atoms with E-state index in [4.69, 9.17) is 9.73 Å². The fourth-order valence-electron chi connectivity index (χ4n) is 4.86. The second-order valence-corrected chi connectivity index (χ2v) is 9.67. The maximum atomic E-state index is 13.7. The van der Waals surface area contributed by atoms with Crippen LogP contribution in [0.4, 0.5) is 10.5 Å². The van der Waals surface area contributed by atoms with Gasteiger partial charge < -0.3 is 9.64 Å². The Hall–Kier alpha value is -3.15. The molecule has 6 nitrogen and oxygen atoms in total. The van der Waals surface area contributed by atoms with Gasteiger partial charge in [0.05, 0.1) is 11.4 Å². The van der Waals surface area contributed by atoms with E-state index >= 15 is 0 Å². The number of nitrogens with zero attached hydrogens (tertiary/aromatic N) is 2. The Labute approximate surface area is 202 Å². The maximum absolute atomic E-state index is 13.7. The third-order valence-electron chi connectivity index (χ3n) is 6.50. The predicted octanol–water partition coefficient (Wildman–Crippen LogP) is 5.70. The molecule has 1 atom stereocenters. The van der Waals surface area contributed by atoms with Crippen molar-refractivity contribution in [3.05, 3.63) is 65.7 Å². The molecule has 0 bridgehead atoms. The lowest BCUT2D eigenvalue weighted by molar-refractivity contribution is -0.120. The summed E-state index contributed by atoms with van der Waals surface area (Å²) in [5.41, 5.74) is 3.71. The smallest absolute Gasteiger partial charge is 0.409 e. The second kappa shape index (κ2) is 11.3. The first-order valence-corrected chi connectivity index (χ1v) is 12.5. The second-order valence-electron chi connectivity index (χ2n) is 9.67. The van der Waals surface area contributed by atoms with Crippen molar-refractivity contribution in [3.63, 3.8) is 0 Å². The molecule has 2 aliphatic rings. The summed E-state index contributed by atoms with van der Waals surface area (Å²) in [5.74, 6) is 0.323. The number of hydrogen-bond donors (Lipinski definition) is 1. The highest BCUT2D eigenvalue weighted by molar-refractivity contribution is 6.14. The van der Waals surface area contributed by atoms with E-state index in [0.717, 1.165) is 48.2 Å². The lowest BCUT2D eigenvalue weighted by Crippen LogP contribution is -2.48. The number of amides is 2. The van der Waals surface area contributed by atoms with Crippen molar-refractivity contribution in [1.29, 1.82) is 0 Å². The number of nitrogens with one attached hydrogen (secondary N) is 1. The first-order valence-electron chi connectivity index (χ1n) is 12.5. The average molecular weight is 462 g/mol. The van der Waals surface area contributed by atoms with E-state index < -0.39 is 12.3 Å². The SMILES string of the molecule is CC(C)CN1C(=O)C(NC(=O)OCc2ccccc2)N=C(C2CCCCCC2)c2ccccc21. The molecule has 1 aliphatic heterocycles. The molecule has 1 saturated carbocycles. The van der Waals surface area contributed by atoms with Crippen molar-refractivity contribution in [2.24, 2.45) is 16.8 Å². The first-order chi connectivity index (χ1) is 16.5. The van der Waals surface area contributed by atoms with E-state index in [1.807, 2.05) is 48.5 Å². The molecule has 0 radical (unpaired) electrons. The molecule has 2 aromatic rings. The number of benzodiazepines with no additional fused rings is 1. The molecule has 6 heteroatoms. The Balaban J connectivity index is 1.64. The van der Waals surface area contributed by atoms with Crippen LogP contribution in [-0.4, -0.2) is 30.4 Å². The summed E-state index contributed by atoms with van der Waals surface area (Å²) >= 11 is 0. The minimum absolute atomic E-state index is 0.142. The molecule has 1 fully saturated rings. The highest BCUT2D eigenvalue weighted by atomic mass is 16.5. The normalized spacial score (nSPS) is 19.1. The van der Waals surface area contributed by atoms with Crippen LogP contribution in [0.25, 0.3) is 0 Å². The Bertz CT molecular complexity index is 1010. The molecule has 180 valence electrons. The van der Waals surface area contributed by atoms with Gasteiger partial charge in [-0.15, -0.1) is 0 Å². The molecule has 1 aliphatic carbocycles. The molecule has 0 aromatic heterocycles. The zero-order valence-corrected chi connectivity index (χ0v) is 20.2. The number of para-hydroxylation sites is 1. The summed E-state index contributed by atoms with van der Waals surface area (Å²) in [7, 11) is 0. The number of ether oxygens (including phenoxy) is 1. The minimum Gasteiger partial charge on any atom is -0.445 e. The van der Waals surface area contributed by atoms with Gasteiger partial charge in [0.25, 0.3) is 5.91 Å². The van der Waals surface area contributed by atoms with Gasteiger partial charge in [-0.25, -0.2) is 4.79 Å². The quantitative estimate of drug-likeness (QED) is 0.561. The van der Waals surface area contributed by atoms with Gasteiger partial charge in [0.15, 0.2) is 0 Å². The fraction of sp³-hybridized carbons (Fsp3) is 0.464. The molecule has 1 N–H and O–H groups in total. The minimum atomic E-state index is -1.01. The van der Waals surface area contributed by atoms with Gasteiger partial charge >= 0.3 is 6.09 Å². The van der Waals surface area contributed by atoms with Gasteiger partial charge in [-0.1, -0.05) is 88.1 Å². The molecule has 34 heavy (non-hydrogen) atoms. The van der Waals surface area contributed by atoms with Crippen molar-refractivity contribution in [1.82, 2.24) is 5.32 Å². The number of carbonyl (C=O) groups excluding carboxylic acids is 2. The number of alkyl carbamates (subject to hydrolysis) is 1. The van der Waals surface area contributed by atoms with Crippen LogP contribution >= 0.6 is 0 Å². The van der Waals surface area contributed by atoms with Gasteiger partial charge in [-0.05, 0) is 30.4 Å². The van der Waals surface area contributed by atoms with Gasteiger partial charge in [-0.3, -0.25) is 15.1 Å². The number of rotatable bonds is 6. The Morgan fingerprint density at radius 2 is 1.71 bits per heavy atom. The largest absolute Gasteiger partial charge is 0.445 e. The molecule has 0 saturated heterocycles. The summed E-state index contributed by atoms with van der Waals surface area (Å²) in [4.78, 5) is 33.1. The molecule has 1 unspecified atom stereocenters. The zero-order valence-electron chi connectivity index (χ0n) is 20.2. The summed E-state index contributed by atoms with van der Waals surface area (Å²) in [6.07, 6.45) is 5.25. The highest BCUT2D eigenvalue weighted by Crippen LogP contribution is 2.33. The lowest BCUT2D eigenvalue weighted by atomic mass is 9.89. The van der Waals surface area contributed by atoms with Crippen molar-refractivity contribution in [2.75, 3.05) is 11.4 Å². The number of hydrogen-bond acceptors (Lipinski definition) is 4. The predicted molar refractivity (Wildman–Crippen MR) is 135 cm³/mol. The van der Waals surface area contributed by atoms with Crippen LogP contribution in [0.15, 0.2) is 59.6 Å². The van der Waals surface area contributed by atoms with Gasteiger partial charge in [0.1, 0.15) is 6.61 Å². The topological polar surface area (TPSA) is 71.0 Å². The summed E-state index contributed by atoms with van der Waals surface area (Å²) in [6, 6.07) is 17.5. The number of fused-ring (bicyclic) bond motifs is 1. The van der Waals surface area contributed by atoms with Crippen LogP contribution in [0.1, 0.15) is 63.5 Å². The van der Waals surface area contributed by atoms with Crippen molar-refractivity contribution in [3.8, 4) is 0 Å². The summed E-state index contributed by atoms with van der Waals surface area (Å²) < 4.78 is 5.42. The Morgan fingerprint density at radius 3 is 2.41 bits per heavy atom. The molecule has 0 spiro atoms. The maximum Gasteiger partial charge on any atom is 0.409 e. The Morgan fingerprint density at radius 1 is 1.03 bits per heavy atom. The highest BCUT2D eigenvalue weighted by Gasteiger charge is 2.35. The van der Waals surface area contributed by atoms with Crippen LogP contribution in [-0.2, 0) is 16.1 Å². The molecule has 1 heterocycles. The van der Waals surface area contributed by atoms with Crippen molar-refractivity contribution in [2.45, 2.75) is 65.1 Å². The van der Waals surface area contributed by atoms with E-state index in [-0.39, 0.29) is 24.3 Å². The molecular weight excluding hydrogens is 426 g/mol. The van der Waals surface area contributed by atoms with Crippen LogP contribution < -0.4 is 10.2 Å². The fourth-order valence-corrected chi connectivity index (χ4v) is 4.86. The number of aliphatic imine (C=N–C) groups is 1. The van der Waals surface area contributed by atoms with E-state index in [9.17, 15) is 9.59 Å². The zero-order chi connectivity index (χ0) is 23.9. The number of benzene rings is 2. The number of carbonyl (C=O) groups is 2. The molecular formula is C28H35N3O3. The van der Waals surface area contributed by atoms with E-state index in [1.54, 1.807) is 4.90 Å². The first kappa shape index (κ1) is 24.0. The van der Waals surface area contributed by atoms with Crippen molar-refractivity contribution < 1.29 is 14.3 Å². The molecule has 2 amide bonds. The Kier molecular flexibility index (Phi) is 7.99. The van der Waals surface area contributed by atoms with Crippen LogP contribution in [0.2, 0.25) is 0 Å². The van der Waals surface area contributed by atoms with Crippen LogP contribution in [0.5, 0.6) is 0 Å². The van der Waals surface area contributed by atoms with E-state index in [2.05, 4.69) is 25.2 Å². The average Bonchev–Trinajstić information content (AvgIpc) is 3.18. The molecule has 4 rings (SSSR count). The monoisotopic (exact) mass is 461 g/mol. The third-order valence-corrected chi connectivity index (χ3v) is 6.50. The lowest BCUT2D eigenvalue weighted by Gasteiger charge is -2.27. The van der Waals surface area contributed by atoms with E-state index in [1.165, 1.54) is 12.8 Å². The summed E-state index contributed by atoms with van der Waals surface area (Å²) in [6.45, 7) is 4.87. The number of anilines is 1. The van der Waals surface area contributed by atoms with Gasteiger partial charge in [-0.2, -0.15) is 0 Å². The van der Waals surface area contributed by atoms with Crippen molar-refractivity contribution >= 4 is 23.4 Å². The van der Waals surface area contributed by atoms with Crippen LogP contribution in [0, 0.1) is 11.8 Å². The van der Waals surface area contributed by atoms with Crippen LogP contribution in [0.3, 0.4) is 0 Å².